The van der Waals surface area contributed by atoms with Gasteiger partial charge < -0.3 is 4.90 Å². The van der Waals surface area contributed by atoms with Gasteiger partial charge in [-0.15, -0.1) is 0 Å². The molecule has 0 N–H and O–H groups in total. The van der Waals surface area contributed by atoms with Gasteiger partial charge in [0.15, 0.2) is 5.65 Å². The van der Waals surface area contributed by atoms with E-state index in [-0.39, 0.29) is 5.91 Å². The van der Waals surface area contributed by atoms with E-state index in [1.807, 2.05) is 10.7 Å². The zero-order chi connectivity index (χ0) is 17.4. The summed E-state index contributed by atoms with van der Waals surface area (Å²) in [4.78, 5) is 21.1. The summed E-state index contributed by atoms with van der Waals surface area (Å²) >= 11 is 0. The van der Waals surface area contributed by atoms with E-state index in [1.165, 1.54) is 50.8 Å². The van der Waals surface area contributed by atoms with Crippen molar-refractivity contribution in [2.45, 2.75) is 50.5 Å². The largest absolute Gasteiger partial charge is 0.345 e. The number of amides is 1. The van der Waals surface area contributed by atoms with Crippen LogP contribution in [0.4, 0.5) is 0 Å². The van der Waals surface area contributed by atoms with Crippen molar-refractivity contribution in [1.29, 1.82) is 0 Å². The summed E-state index contributed by atoms with van der Waals surface area (Å²) in [6.45, 7) is 2.32. The monoisotopic (exact) mass is 341 g/mol. The molecule has 4 rings (SSSR count). The maximum absolute atomic E-state index is 12.4. The summed E-state index contributed by atoms with van der Waals surface area (Å²) < 4.78 is 1.89. The van der Waals surface area contributed by atoms with Gasteiger partial charge in [0.1, 0.15) is 5.56 Å². The highest BCUT2D eigenvalue weighted by molar-refractivity contribution is 5.99. The first-order valence-corrected chi connectivity index (χ1v) is 9.43. The quantitative estimate of drug-likeness (QED) is 0.861. The Morgan fingerprint density at radius 2 is 2.00 bits per heavy atom. The number of fused-ring (bicyclic) bond motifs is 1. The number of likely N-dealkylation sites (tertiary alicyclic amines) is 1. The van der Waals surface area contributed by atoms with E-state index in [1.54, 1.807) is 25.2 Å². The lowest BCUT2D eigenvalue weighted by molar-refractivity contribution is 0.0829. The van der Waals surface area contributed by atoms with Gasteiger partial charge in [0, 0.05) is 38.8 Å². The predicted octanol–water partition coefficient (Wildman–Crippen LogP) is 2.55. The molecule has 25 heavy (non-hydrogen) atoms. The van der Waals surface area contributed by atoms with Crippen LogP contribution in [0.25, 0.3) is 5.65 Å². The zero-order valence-electron chi connectivity index (χ0n) is 15.2. The fourth-order valence-electron chi connectivity index (χ4n) is 4.46. The molecule has 0 bridgehead atoms. The maximum Gasteiger partial charge on any atom is 0.258 e. The molecule has 134 valence electrons. The van der Waals surface area contributed by atoms with Crippen molar-refractivity contribution in [3.63, 3.8) is 0 Å². The summed E-state index contributed by atoms with van der Waals surface area (Å²) in [7, 11) is 3.52. The van der Waals surface area contributed by atoms with E-state index >= 15 is 0 Å². The van der Waals surface area contributed by atoms with E-state index < -0.39 is 0 Å². The highest BCUT2D eigenvalue weighted by Gasteiger charge is 2.30. The minimum absolute atomic E-state index is 0.0455. The molecule has 2 aromatic heterocycles. The van der Waals surface area contributed by atoms with Crippen molar-refractivity contribution < 1.29 is 4.79 Å². The van der Waals surface area contributed by atoms with Crippen LogP contribution in [0, 0.1) is 0 Å². The molecule has 1 atom stereocenters. The van der Waals surface area contributed by atoms with Gasteiger partial charge in [-0.05, 0) is 38.3 Å². The van der Waals surface area contributed by atoms with Gasteiger partial charge in [-0.2, -0.15) is 5.10 Å². The Morgan fingerprint density at radius 3 is 2.76 bits per heavy atom. The SMILES string of the molecule is CN(C)C(=O)c1cnn2c([C@@H]3CCCN(C4CCCC4)C3)ccnc12. The Labute approximate surface area is 148 Å². The number of rotatable bonds is 3. The molecule has 1 saturated carbocycles. The van der Waals surface area contributed by atoms with E-state index in [0.29, 0.717) is 17.1 Å². The van der Waals surface area contributed by atoms with E-state index in [2.05, 4.69) is 21.0 Å². The molecule has 0 unspecified atom stereocenters. The van der Waals surface area contributed by atoms with Crippen LogP contribution in [0.1, 0.15) is 60.5 Å². The van der Waals surface area contributed by atoms with Gasteiger partial charge in [-0.25, -0.2) is 9.50 Å². The minimum atomic E-state index is -0.0455. The smallest absolute Gasteiger partial charge is 0.258 e. The normalized spacial score (nSPS) is 22.6. The van der Waals surface area contributed by atoms with Gasteiger partial charge in [0.05, 0.1) is 11.9 Å². The van der Waals surface area contributed by atoms with Crippen LogP contribution >= 0.6 is 0 Å². The average molecular weight is 341 g/mol. The zero-order valence-corrected chi connectivity index (χ0v) is 15.2. The van der Waals surface area contributed by atoms with Crippen molar-refractivity contribution in [2.75, 3.05) is 27.2 Å². The van der Waals surface area contributed by atoms with Crippen LogP contribution in [0.5, 0.6) is 0 Å². The van der Waals surface area contributed by atoms with E-state index in [9.17, 15) is 4.79 Å². The minimum Gasteiger partial charge on any atom is -0.345 e. The summed E-state index contributed by atoms with van der Waals surface area (Å²) in [5.41, 5.74) is 2.44. The molecular weight excluding hydrogens is 314 g/mol. The molecule has 1 aliphatic heterocycles. The topological polar surface area (TPSA) is 53.7 Å². The second kappa shape index (κ2) is 6.75. The molecule has 0 spiro atoms. The predicted molar refractivity (Wildman–Crippen MR) is 96.8 cm³/mol. The first-order valence-electron chi connectivity index (χ1n) is 9.43. The summed E-state index contributed by atoms with van der Waals surface area (Å²) in [5.74, 6) is 0.415. The van der Waals surface area contributed by atoms with Crippen molar-refractivity contribution in [3.05, 3.63) is 29.7 Å². The Hall–Kier alpha value is -1.95. The van der Waals surface area contributed by atoms with Crippen LogP contribution in [-0.4, -0.2) is 63.5 Å². The molecule has 1 saturated heterocycles. The number of piperidine rings is 1. The van der Waals surface area contributed by atoms with Crippen molar-refractivity contribution >= 4 is 11.6 Å². The summed E-state index contributed by atoms with van der Waals surface area (Å²) in [6.07, 6.45) is 11.3. The third kappa shape index (κ3) is 3.03. The van der Waals surface area contributed by atoms with E-state index in [0.717, 1.165) is 12.6 Å². The number of hydrogen-bond donors (Lipinski definition) is 0. The Kier molecular flexibility index (Phi) is 4.46. The molecule has 2 fully saturated rings. The average Bonchev–Trinajstić information content (AvgIpc) is 3.30. The molecule has 0 aromatic carbocycles. The van der Waals surface area contributed by atoms with Crippen molar-refractivity contribution in [3.8, 4) is 0 Å². The lowest BCUT2D eigenvalue weighted by atomic mass is 9.93. The molecular formula is C19H27N5O. The Bertz CT molecular complexity index is 762. The molecule has 0 radical (unpaired) electrons. The van der Waals surface area contributed by atoms with Gasteiger partial charge in [-0.1, -0.05) is 12.8 Å². The maximum atomic E-state index is 12.4. The van der Waals surface area contributed by atoms with Crippen LogP contribution in [-0.2, 0) is 0 Å². The highest BCUT2D eigenvalue weighted by Crippen LogP contribution is 2.32. The first-order chi connectivity index (χ1) is 12.1. The fraction of sp³-hybridized carbons (Fsp3) is 0.632. The molecule has 2 aliphatic rings. The molecule has 2 aromatic rings. The Balaban J connectivity index is 1.63. The lowest BCUT2D eigenvalue weighted by Gasteiger charge is -2.36. The number of hydrogen-bond acceptors (Lipinski definition) is 4. The Morgan fingerprint density at radius 1 is 1.20 bits per heavy atom. The number of aromatic nitrogens is 3. The molecule has 1 aliphatic carbocycles. The third-order valence-corrected chi connectivity index (χ3v) is 5.78. The van der Waals surface area contributed by atoms with Gasteiger partial charge in [0.25, 0.3) is 5.91 Å². The standard InChI is InChI=1S/C19H27N5O/c1-22(2)19(25)16-12-21-24-17(9-10-20-18(16)24)14-6-5-11-23(13-14)15-7-3-4-8-15/h9-10,12,14-15H,3-8,11,13H2,1-2H3/t14-/m1/s1. The summed E-state index contributed by atoms with van der Waals surface area (Å²) in [5, 5.41) is 4.51. The summed E-state index contributed by atoms with van der Waals surface area (Å²) in [6, 6.07) is 2.84. The third-order valence-electron chi connectivity index (χ3n) is 5.78. The van der Waals surface area contributed by atoms with Crippen LogP contribution < -0.4 is 0 Å². The van der Waals surface area contributed by atoms with Crippen LogP contribution in [0.2, 0.25) is 0 Å². The molecule has 6 heteroatoms. The van der Waals surface area contributed by atoms with Crippen molar-refractivity contribution in [1.82, 2.24) is 24.4 Å². The second-order valence-electron chi connectivity index (χ2n) is 7.64. The number of nitrogens with zero attached hydrogens (tertiary/aromatic N) is 5. The molecule has 1 amide bonds. The van der Waals surface area contributed by atoms with E-state index in [4.69, 9.17) is 0 Å². The highest BCUT2D eigenvalue weighted by atomic mass is 16.2. The molecule has 6 nitrogen and oxygen atoms in total. The van der Waals surface area contributed by atoms with Gasteiger partial charge in [-0.3, -0.25) is 9.69 Å². The number of carbonyl (C=O) groups is 1. The first kappa shape index (κ1) is 16.5. The van der Waals surface area contributed by atoms with Gasteiger partial charge >= 0.3 is 0 Å². The van der Waals surface area contributed by atoms with Crippen molar-refractivity contribution in [2.24, 2.45) is 0 Å². The second-order valence-corrected chi connectivity index (χ2v) is 7.64. The number of carbonyl (C=O) groups excluding carboxylic acids is 1. The van der Waals surface area contributed by atoms with Crippen LogP contribution in [0.15, 0.2) is 18.5 Å². The lowest BCUT2D eigenvalue weighted by Crippen LogP contribution is -2.41. The van der Waals surface area contributed by atoms with Crippen LogP contribution in [0.3, 0.4) is 0 Å². The van der Waals surface area contributed by atoms with Gasteiger partial charge in [0.2, 0.25) is 0 Å². The fourth-order valence-corrected chi connectivity index (χ4v) is 4.46. The molecule has 3 heterocycles.